The molecular formula is C17H13BrClN3O3S. The van der Waals surface area contributed by atoms with Crippen molar-refractivity contribution < 1.29 is 13.9 Å². The average molecular weight is 455 g/mol. The topological polar surface area (TPSA) is 69.3 Å². The van der Waals surface area contributed by atoms with E-state index >= 15 is 0 Å². The van der Waals surface area contributed by atoms with Crippen molar-refractivity contribution in [3.8, 4) is 5.75 Å². The van der Waals surface area contributed by atoms with E-state index in [1.165, 1.54) is 4.68 Å². The van der Waals surface area contributed by atoms with Crippen molar-refractivity contribution in [2.75, 3.05) is 5.32 Å². The number of benzene rings is 2. The van der Waals surface area contributed by atoms with E-state index < -0.39 is 0 Å². The molecule has 1 N–H and O–H groups in total. The molecule has 9 heteroatoms. The fourth-order valence-corrected chi connectivity index (χ4v) is 2.78. The number of ether oxygens (including phenoxy) is 1. The third-order valence-electron chi connectivity index (χ3n) is 3.25. The minimum Gasteiger partial charge on any atom is -0.484 e. The van der Waals surface area contributed by atoms with Gasteiger partial charge in [0, 0.05) is 10.2 Å². The zero-order chi connectivity index (χ0) is 18.5. The van der Waals surface area contributed by atoms with Gasteiger partial charge in [0.25, 0.3) is 10.7 Å². The minimum absolute atomic E-state index is 0.0755. The van der Waals surface area contributed by atoms with Gasteiger partial charge < -0.3 is 14.5 Å². The van der Waals surface area contributed by atoms with E-state index in [4.69, 9.17) is 33.0 Å². The third-order valence-corrected chi connectivity index (χ3v) is 4.76. The Morgan fingerprint density at radius 2 is 2.08 bits per heavy atom. The highest BCUT2D eigenvalue weighted by Crippen LogP contribution is 2.25. The molecule has 0 radical (unpaired) electrons. The molecule has 6 nitrogen and oxygen atoms in total. The first-order valence-electron chi connectivity index (χ1n) is 7.51. The van der Waals surface area contributed by atoms with Crippen LogP contribution in [-0.4, -0.2) is 15.7 Å². The molecule has 0 saturated heterocycles. The monoisotopic (exact) mass is 453 g/mol. The summed E-state index contributed by atoms with van der Waals surface area (Å²) < 4.78 is 12.9. The normalized spacial score (nSPS) is 10.5. The Morgan fingerprint density at radius 3 is 2.81 bits per heavy atom. The van der Waals surface area contributed by atoms with Gasteiger partial charge in [0.05, 0.1) is 5.02 Å². The number of hydrogen-bond acceptors (Lipinski definition) is 5. The van der Waals surface area contributed by atoms with E-state index in [1.54, 1.807) is 18.2 Å². The lowest BCUT2D eigenvalue weighted by atomic mass is 10.3. The van der Waals surface area contributed by atoms with Gasteiger partial charge in [-0.3, -0.25) is 4.79 Å². The zero-order valence-corrected chi connectivity index (χ0v) is 16.5. The number of carbonyl (C=O) groups is 1. The average Bonchev–Trinajstić information content (AvgIpc) is 2.97. The molecular weight excluding hydrogens is 442 g/mol. The maximum Gasteiger partial charge on any atom is 0.287 e. The van der Waals surface area contributed by atoms with Crippen LogP contribution < -0.4 is 10.1 Å². The first-order valence-corrected chi connectivity index (χ1v) is 9.09. The first kappa shape index (κ1) is 18.6. The Bertz CT molecular complexity index is 975. The summed E-state index contributed by atoms with van der Waals surface area (Å²) in [7, 11) is 0. The second-order valence-electron chi connectivity index (χ2n) is 5.20. The van der Waals surface area contributed by atoms with Crippen LogP contribution in [-0.2, 0) is 17.9 Å². The minimum atomic E-state index is -0.292. The van der Waals surface area contributed by atoms with E-state index in [0.717, 1.165) is 0 Å². The summed E-state index contributed by atoms with van der Waals surface area (Å²) in [6, 6.07) is 14.4. The van der Waals surface area contributed by atoms with Crippen LogP contribution in [0, 0.1) is 4.84 Å². The van der Waals surface area contributed by atoms with E-state index in [1.807, 2.05) is 30.3 Å². The molecule has 1 amide bonds. The highest BCUT2D eigenvalue weighted by molar-refractivity contribution is 9.10. The summed E-state index contributed by atoms with van der Waals surface area (Å²) >= 11 is 14.3. The van der Waals surface area contributed by atoms with Gasteiger partial charge in [-0.1, -0.05) is 29.8 Å². The summed E-state index contributed by atoms with van der Waals surface area (Å²) in [5, 5.41) is 7.47. The molecule has 134 valence electrons. The Hall–Kier alpha value is -2.16. The molecule has 0 fully saturated rings. The van der Waals surface area contributed by atoms with Gasteiger partial charge in [-0.05, 0) is 58.5 Å². The van der Waals surface area contributed by atoms with Gasteiger partial charge in [-0.2, -0.15) is 0 Å². The number of aromatic nitrogens is 2. The number of nitrogens with zero attached hydrogens (tertiary/aromatic N) is 2. The zero-order valence-electron chi connectivity index (χ0n) is 13.3. The summed E-state index contributed by atoms with van der Waals surface area (Å²) in [5.74, 6) is 0.689. The van der Waals surface area contributed by atoms with E-state index in [9.17, 15) is 4.79 Å². The van der Waals surface area contributed by atoms with Crippen LogP contribution in [0.25, 0.3) is 0 Å². The molecule has 0 aliphatic heterocycles. The fourth-order valence-electron chi connectivity index (χ4n) is 2.08. The molecule has 0 unspecified atom stereocenters. The smallest absolute Gasteiger partial charge is 0.287 e. The number of halogens is 2. The summed E-state index contributed by atoms with van der Waals surface area (Å²) in [4.78, 5) is 12.3. The molecule has 1 aromatic heterocycles. The number of hydrogen-bond donors (Lipinski definition) is 1. The van der Waals surface area contributed by atoms with E-state index in [0.29, 0.717) is 26.8 Å². The van der Waals surface area contributed by atoms with Crippen molar-refractivity contribution in [2.45, 2.75) is 13.2 Å². The molecule has 0 bridgehead atoms. The molecule has 0 spiro atoms. The highest BCUT2D eigenvalue weighted by Gasteiger charge is 2.11. The molecule has 1 heterocycles. The van der Waals surface area contributed by atoms with Crippen LogP contribution in [0.4, 0.5) is 5.69 Å². The molecule has 0 atom stereocenters. The van der Waals surface area contributed by atoms with Crippen LogP contribution in [0.15, 0.2) is 57.4 Å². The van der Waals surface area contributed by atoms with Gasteiger partial charge in [0.2, 0.25) is 5.91 Å². The number of anilines is 1. The van der Waals surface area contributed by atoms with Crippen molar-refractivity contribution >= 4 is 51.3 Å². The molecule has 0 aliphatic rings. The number of carbonyl (C=O) groups excluding carboxylic acids is 1. The standard InChI is InChI=1S/C17H13BrClN3O3S/c18-13-8-11(6-7-14(13)19)20-15(23)9-22-17(26)25-16(21-22)10-24-12-4-2-1-3-5-12/h1-8H,9-10H2,(H,20,23). The van der Waals surface area contributed by atoms with Gasteiger partial charge >= 0.3 is 0 Å². The predicted octanol–water partition coefficient (Wildman–Crippen LogP) is 4.84. The predicted molar refractivity (Wildman–Crippen MR) is 104 cm³/mol. The number of rotatable bonds is 6. The Balaban J connectivity index is 1.60. The SMILES string of the molecule is O=C(Cn1nc(COc2ccccc2)oc1=S)Nc1ccc(Cl)c(Br)c1. The maximum absolute atomic E-state index is 12.2. The second kappa shape index (κ2) is 8.48. The Kier molecular flexibility index (Phi) is 6.08. The Labute approximate surface area is 167 Å². The van der Waals surface area contributed by atoms with Gasteiger partial charge in [-0.15, -0.1) is 5.10 Å². The molecule has 3 rings (SSSR count). The first-order chi connectivity index (χ1) is 12.5. The maximum atomic E-state index is 12.2. The van der Waals surface area contributed by atoms with Crippen molar-refractivity contribution in [1.29, 1.82) is 0 Å². The summed E-state index contributed by atoms with van der Waals surface area (Å²) in [5.41, 5.74) is 0.605. The number of para-hydroxylation sites is 1. The molecule has 26 heavy (non-hydrogen) atoms. The number of nitrogens with one attached hydrogen (secondary N) is 1. The quantitative estimate of drug-likeness (QED) is 0.540. The molecule has 0 saturated carbocycles. The van der Waals surface area contributed by atoms with Gasteiger partial charge in [0.15, 0.2) is 6.61 Å². The van der Waals surface area contributed by atoms with Crippen LogP contribution in [0.3, 0.4) is 0 Å². The van der Waals surface area contributed by atoms with E-state index in [2.05, 4.69) is 26.3 Å². The van der Waals surface area contributed by atoms with Crippen molar-refractivity contribution in [2.24, 2.45) is 0 Å². The lowest BCUT2D eigenvalue weighted by Gasteiger charge is -2.06. The van der Waals surface area contributed by atoms with Crippen LogP contribution in [0.2, 0.25) is 5.02 Å². The fraction of sp³-hybridized carbons (Fsp3) is 0.118. The largest absolute Gasteiger partial charge is 0.484 e. The number of amides is 1. The Morgan fingerprint density at radius 1 is 1.31 bits per heavy atom. The lowest BCUT2D eigenvalue weighted by molar-refractivity contribution is -0.117. The van der Waals surface area contributed by atoms with Gasteiger partial charge in [-0.25, -0.2) is 4.68 Å². The third kappa shape index (κ3) is 4.94. The van der Waals surface area contributed by atoms with Crippen LogP contribution in [0.1, 0.15) is 5.89 Å². The van der Waals surface area contributed by atoms with Crippen molar-refractivity contribution in [3.63, 3.8) is 0 Å². The second-order valence-corrected chi connectivity index (χ2v) is 6.81. The van der Waals surface area contributed by atoms with E-state index in [-0.39, 0.29) is 23.9 Å². The van der Waals surface area contributed by atoms with Crippen LogP contribution >= 0.6 is 39.7 Å². The van der Waals surface area contributed by atoms with Crippen molar-refractivity contribution in [3.05, 3.63) is 68.8 Å². The van der Waals surface area contributed by atoms with Crippen molar-refractivity contribution in [1.82, 2.24) is 9.78 Å². The molecule has 3 aromatic rings. The molecule has 2 aromatic carbocycles. The van der Waals surface area contributed by atoms with Gasteiger partial charge in [0.1, 0.15) is 12.3 Å². The lowest BCUT2D eigenvalue weighted by Crippen LogP contribution is -2.19. The highest BCUT2D eigenvalue weighted by atomic mass is 79.9. The summed E-state index contributed by atoms with van der Waals surface area (Å²) in [6.45, 7) is 0.0420. The summed E-state index contributed by atoms with van der Waals surface area (Å²) in [6.07, 6.45) is 0. The van der Waals surface area contributed by atoms with Crippen LogP contribution in [0.5, 0.6) is 5.75 Å². The molecule has 0 aliphatic carbocycles.